The molecule has 0 spiro atoms. The molecule has 36 heavy (non-hydrogen) atoms. The van der Waals surface area contributed by atoms with E-state index in [2.05, 4.69) is 18.3 Å². The van der Waals surface area contributed by atoms with Crippen molar-refractivity contribution in [1.29, 1.82) is 0 Å². The van der Waals surface area contributed by atoms with Gasteiger partial charge in [0.2, 0.25) is 0 Å². The van der Waals surface area contributed by atoms with E-state index in [0.29, 0.717) is 0 Å². The Balaban J connectivity index is 1.55. The molecule has 0 bridgehead atoms. The van der Waals surface area contributed by atoms with Crippen molar-refractivity contribution in [2.75, 3.05) is 18.9 Å². The Labute approximate surface area is 201 Å². The Morgan fingerprint density at radius 1 is 0.889 bits per heavy atom. The Bertz CT molecular complexity index is 1070. The van der Waals surface area contributed by atoms with Crippen LogP contribution in [0.1, 0.15) is 6.23 Å². The summed E-state index contributed by atoms with van der Waals surface area (Å²) in [6, 6.07) is 1.21. The fourth-order valence-electron chi connectivity index (χ4n) is 3.30. The fraction of sp³-hybridized carbons (Fsp3) is 0.733. The number of rotatable bonds is 9. The van der Waals surface area contributed by atoms with Gasteiger partial charge in [0.25, 0.3) is 0 Å². The molecule has 206 valence electrons. The molecule has 2 fully saturated rings. The molecule has 11 unspecified atom stereocenters. The number of ether oxygens (including phenoxy) is 2. The van der Waals surface area contributed by atoms with Gasteiger partial charge in [-0.05, 0) is 6.07 Å². The number of hydrogen-bond donors (Lipinski definition) is 9. The predicted octanol–water partition coefficient (Wildman–Crippen LogP) is -4.50. The maximum Gasteiger partial charge on any atom is 0.481 e. The monoisotopic (exact) mass is 565 g/mol. The number of hydrogen-bond acceptors (Lipinski definition) is 16. The van der Waals surface area contributed by atoms with Gasteiger partial charge in [0.1, 0.15) is 48.5 Å². The van der Waals surface area contributed by atoms with Crippen LogP contribution in [0, 0.1) is 0 Å². The van der Waals surface area contributed by atoms with Gasteiger partial charge >= 0.3 is 21.3 Å². The Morgan fingerprint density at radius 2 is 1.42 bits per heavy atom. The Kier molecular flexibility index (Phi) is 9.05. The van der Waals surface area contributed by atoms with Crippen LogP contribution in [-0.2, 0) is 32.0 Å². The molecule has 0 aliphatic carbocycles. The summed E-state index contributed by atoms with van der Waals surface area (Å²) >= 11 is 0. The summed E-state index contributed by atoms with van der Waals surface area (Å²) in [5, 5.41) is 58.5. The van der Waals surface area contributed by atoms with Crippen LogP contribution in [-0.4, -0.2) is 112 Å². The van der Waals surface area contributed by atoms with E-state index in [-0.39, 0.29) is 5.82 Å². The number of phosphoric ester groups is 2. The third kappa shape index (κ3) is 6.73. The highest BCUT2D eigenvalue weighted by atomic mass is 31.3. The molecule has 21 heteroatoms. The molecule has 2 aliphatic heterocycles. The number of nitrogens with two attached hydrogens (primary N) is 1. The quantitative estimate of drug-likeness (QED) is 0.127. The van der Waals surface area contributed by atoms with Crippen LogP contribution in [0.25, 0.3) is 0 Å². The molecule has 3 rings (SSSR count). The van der Waals surface area contributed by atoms with Crippen molar-refractivity contribution < 1.29 is 72.4 Å². The minimum atomic E-state index is -5.40. The zero-order chi connectivity index (χ0) is 27.0. The third-order valence-corrected chi connectivity index (χ3v) is 7.76. The lowest BCUT2D eigenvalue weighted by Crippen LogP contribution is -2.58. The molecule has 10 N–H and O–H groups in total. The normalized spacial score (nSPS) is 38.4. The average molecular weight is 565 g/mol. The van der Waals surface area contributed by atoms with Crippen LogP contribution in [0.15, 0.2) is 17.1 Å². The summed E-state index contributed by atoms with van der Waals surface area (Å²) in [7, 11) is -10.8. The van der Waals surface area contributed by atoms with Gasteiger partial charge in [-0.1, -0.05) is 0 Å². The van der Waals surface area contributed by atoms with Crippen molar-refractivity contribution in [2.45, 2.75) is 55.2 Å². The lowest BCUT2D eigenvalue weighted by atomic mass is 10.00. The van der Waals surface area contributed by atoms with Crippen molar-refractivity contribution >= 4 is 21.5 Å². The first-order valence-corrected chi connectivity index (χ1v) is 13.0. The molecular weight excluding hydrogens is 540 g/mol. The first kappa shape index (κ1) is 29.2. The Morgan fingerprint density at radius 3 is 1.97 bits per heavy atom. The number of nitrogens with zero attached hydrogens (tertiary/aromatic N) is 2. The van der Waals surface area contributed by atoms with Gasteiger partial charge in [-0.15, -0.1) is 0 Å². The number of nitrogen functional groups attached to an aromatic ring is 1. The van der Waals surface area contributed by atoms with Gasteiger partial charge in [0.15, 0.2) is 12.5 Å². The standard InChI is InChI=1S/C15H25N3O16P2/c16-7-1-2-18(15(25)17-7)13-11(22)9(20)5(32-13)3-30-35(26,27)34-36(28,29)31-4-6-8(19)10(21)12(23)14(24)33-6/h1-2,5-6,8-14,19-24H,3-4H2,(H,26,27)(H,28,29)(H2,16,17,25). The highest BCUT2D eigenvalue weighted by molar-refractivity contribution is 7.61. The SMILES string of the molecule is Nc1ccn(C2OC(COP(=O)(O)OP(=O)(O)OCC3OC(O)C(O)C(O)C3O)C(O)C2O)c(=O)n1. The molecule has 11 atom stereocenters. The first-order chi connectivity index (χ1) is 16.6. The lowest BCUT2D eigenvalue weighted by Gasteiger charge is -2.38. The van der Waals surface area contributed by atoms with Crippen molar-refractivity contribution in [3.8, 4) is 0 Å². The number of aliphatic hydroxyl groups is 6. The zero-order valence-electron chi connectivity index (χ0n) is 18.0. The largest absolute Gasteiger partial charge is 0.481 e. The van der Waals surface area contributed by atoms with Crippen LogP contribution in [0.4, 0.5) is 5.82 Å². The van der Waals surface area contributed by atoms with Gasteiger partial charge in [0, 0.05) is 6.20 Å². The number of phosphoric acid groups is 2. The van der Waals surface area contributed by atoms with Crippen LogP contribution in [0.5, 0.6) is 0 Å². The highest BCUT2D eigenvalue weighted by Gasteiger charge is 2.47. The van der Waals surface area contributed by atoms with Crippen LogP contribution >= 0.6 is 15.6 Å². The van der Waals surface area contributed by atoms with E-state index >= 15 is 0 Å². The van der Waals surface area contributed by atoms with Gasteiger partial charge < -0.3 is 55.6 Å². The lowest BCUT2D eigenvalue weighted by molar-refractivity contribution is -0.285. The van der Waals surface area contributed by atoms with E-state index in [1.807, 2.05) is 0 Å². The van der Waals surface area contributed by atoms with Crippen LogP contribution in [0.2, 0.25) is 0 Å². The second-order valence-electron chi connectivity index (χ2n) is 7.74. The number of anilines is 1. The van der Waals surface area contributed by atoms with E-state index in [0.717, 1.165) is 10.8 Å². The molecule has 0 amide bonds. The first-order valence-electron chi connectivity index (χ1n) is 10.0. The third-order valence-electron chi connectivity index (χ3n) is 5.16. The summed E-state index contributed by atoms with van der Waals surface area (Å²) in [6.45, 7) is -2.02. The molecule has 0 radical (unpaired) electrons. The van der Waals surface area contributed by atoms with Gasteiger partial charge in [0.05, 0.1) is 13.2 Å². The van der Waals surface area contributed by atoms with E-state index < -0.39 is 89.8 Å². The van der Waals surface area contributed by atoms with E-state index in [1.54, 1.807) is 0 Å². The molecule has 2 aliphatic rings. The summed E-state index contributed by atoms with van der Waals surface area (Å²) in [5.41, 5.74) is 4.45. The van der Waals surface area contributed by atoms with Crippen molar-refractivity contribution in [3.05, 3.63) is 22.7 Å². The summed E-state index contributed by atoms with van der Waals surface area (Å²) in [6.07, 6.45) is -14.6. The Hall–Kier alpha value is -1.38. The maximum absolute atomic E-state index is 12.1. The minimum Gasteiger partial charge on any atom is -0.387 e. The number of aliphatic hydroxyl groups excluding tert-OH is 6. The van der Waals surface area contributed by atoms with Crippen molar-refractivity contribution in [1.82, 2.24) is 9.55 Å². The smallest absolute Gasteiger partial charge is 0.387 e. The molecule has 3 heterocycles. The molecule has 2 saturated heterocycles. The minimum absolute atomic E-state index is 0.118. The van der Waals surface area contributed by atoms with E-state index in [1.165, 1.54) is 6.07 Å². The van der Waals surface area contributed by atoms with Crippen LogP contribution in [0.3, 0.4) is 0 Å². The average Bonchev–Trinajstić information content (AvgIpc) is 3.05. The molecule has 1 aromatic heterocycles. The maximum atomic E-state index is 12.1. The second-order valence-corrected chi connectivity index (χ2v) is 10.8. The van der Waals surface area contributed by atoms with Crippen molar-refractivity contribution in [3.63, 3.8) is 0 Å². The highest BCUT2D eigenvalue weighted by Crippen LogP contribution is 2.60. The van der Waals surface area contributed by atoms with Crippen LogP contribution < -0.4 is 11.4 Å². The number of aromatic nitrogens is 2. The van der Waals surface area contributed by atoms with Gasteiger partial charge in [-0.25, -0.2) is 13.9 Å². The van der Waals surface area contributed by atoms with Gasteiger partial charge in [-0.2, -0.15) is 9.29 Å². The van der Waals surface area contributed by atoms with E-state index in [9.17, 15) is 54.4 Å². The van der Waals surface area contributed by atoms with E-state index in [4.69, 9.17) is 15.2 Å². The topological polar surface area (TPSA) is 303 Å². The summed E-state index contributed by atoms with van der Waals surface area (Å²) in [4.78, 5) is 34.8. The molecule has 0 saturated carbocycles. The van der Waals surface area contributed by atoms with Crippen molar-refractivity contribution in [2.24, 2.45) is 0 Å². The fourth-order valence-corrected chi connectivity index (χ4v) is 5.39. The molecular formula is C15H25N3O16P2. The summed E-state index contributed by atoms with van der Waals surface area (Å²) < 4.78 is 48.0. The molecule has 1 aromatic rings. The van der Waals surface area contributed by atoms with Gasteiger partial charge in [-0.3, -0.25) is 13.6 Å². The molecule has 0 aromatic carbocycles. The summed E-state index contributed by atoms with van der Waals surface area (Å²) in [5.74, 6) is -0.118. The zero-order valence-corrected chi connectivity index (χ0v) is 19.8. The second kappa shape index (κ2) is 11.2. The molecule has 19 nitrogen and oxygen atoms in total. The predicted molar refractivity (Wildman–Crippen MR) is 110 cm³/mol.